The molecular weight excluding hydrogens is 382 g/mol. The molecule has 3 rings (SSSR count). The van der Waals surface area contributed by atoms with Gasteiger partial charge in [0.2, 0.25) is 0 Å². The van der Waals surface area contributed by atoms with Crippen molar-refractivity contribution in [1.82, 2.24) is 5.32 Å². The van der Waals surface area contributed by atoms with Gasteiger partial charge in [0.15, 0.2) is 6.10 Å². The summed E-state index contributed by atoms with van der Waals surface area (Å²) in [6.45, 7) is 1.57. The van der Waals surface area contributed by atoms with Gasteiger partial charge < -0.3 is 19.5 Å². The lowest BCUT2D eigenvalue weighted by Crippen LogP contribution is -2.39. The highest BCUT2D eigenvalue weighted by molar-refractivity contribution is 5.90. The largest absolute Gasteiger partial charge is 0.497 e. The average molecular weight is 409 g/mol. The Morgan fingerprint density at radius 2 is 1.93 bits per heavy atom. The molecule has 0 aromatic heterocycles. The van der Waals surface area contributed by atoms with Crippen molar-refractivity contribution in [2.45, 2.75) is 38.3 Å². The zero-order valence-electron chi connectivity index (χ0n) is 17.5. The summed E-state index contributed by atoms with van der Waals surface area (Å²) in [5.74, 6) is 0.329. The number of fused-ring (bicyclic) bond motifs is 1. The van der Waals surface area contributed by atoms with Crippen LogP contribution in [0.4, 0.5) is 0 Å². The van der Waals surface area contributed by atoms with Gasteiger partial charge in [-0.3, -0.25) is 4.79 Å². The van der Waals surface area contributed by atoms with Crippen molar-refractivity contribution in [1.29, 1.82) is 0 Å². The summed E-state index contributed by atoms with van der Waals surface area (Å²) in [6.07, 6.45) is 4.86. The molecule has 0 fully saturated rings. The Balaban J connectivity index is 1.59. The van der Waals surface area contributed by atoms with Gasteiger partial charge >= 0.3 is 5.97 Å². The molecule has 0 bridgehead atoms. The maximum atomic E-state index is 12.6. The minimum atomic E-state index is -0.900. The zero-order valence-corrected chi connectivity index (χ0v) is 17.5. The predicted molar refractivity (Wildman–Crippen MR) is 114 cm³/mol. The molecule has 30 heavy (non-hydrogen) atoms. The second kappa shape index (κ2) is 9.96. The number of hydrogen-bond acceptors (Lipinski definition) is 5. The number of amides is 1. The number of rotatable bonds is 7. The van der Waals surface area contributed by atoms with E-state index in [-0.39, 0.29) is 11.9 Å². The maximum absolute atomic E-state index is 12.6. The number of nitrogens with one attached hydrogen (secondary N) is 1. The molecule has 2 aromatic carbocycles. The first-order valence-corrected chi connectivity index (χ1v) is 10.0. The van der Waals surface area contributed by atoms with Crippen molar-refractivity contribution >= 4 is 18.0 Å². The highest BCUT2D eigenvalue weighted by Gasteiger charge is 2.24. The monoisotopic (exact) mass is 409 g/mol. The molecule has 6 heteroatoms. The molecule has 1 N–H and O–H groups in total. The predicted octanol–water partition coefficient (Wildman–Crippen LogP) is 3.84. The molecule has 1 aliphatic rings. The summed E-state index contributed by atoms with van der Waals surface area (Å²) >= 11 is 0. The van der Waals surface area contributed by atoms with E-state index >= 15 is 0 Å². The Bertz CT molecular complexity index is 937. The third-order valence-electron chi connectivity index (χ3n) is 5.18. The second-order valence-electron chi connectivity index (χ2n) is 7.17. The first-order valence-electron chi connectivity index (χ1n) is 10.0. The quantitative estimate of drug-likeness (QED) is 0.556. The molecule has 2 atom stereocenters. The minimum absolute atomic E-state index is 0.0554. The van der Waals surface area contributed by atoms with E-state index in [1.807, 2.05) is 18.2 Å². The van der Waals surface area contributed by atoms with Crippen LogP contribution in [-0.4, -0.2) is 32.2 Å². The summed E-state index contributed by atoms with van der Waals surface area (Å²) in [5, 5.41) is 3.01. The zero-order chi connectivity index (χ0) is 21.5. The topological polar surface area (TPSA) is 73.9 Å². The molecule has 0 aliphatic heterocycles. The smallest absolute Gasteiger partial charge is 0.331 e. The molecule has 0 radical (unpaired) electrons. The van der Waals surface area contributed by atoms with E-state index in [0.717, 1.165) is 24.8 Å². The third-order valence-corrected chi connectivity index (χ3v) is 5.18. The Labute approximate surface area is 176 Å². The lowest BCUT2D eigenvalue weighted by atomic mass is 9.87. The first-order chi connectivity index (χ1) is 14.5. The summed E-state index contributed by atoms with van der Waals surface area (Å²) in [6, 6.07) is 13.3. The molecule has 158 valence electrons. The van der Waals surface area contributed by atoms with E-state index in [2.05, 4.69) is 11.4 Å². The standard InChI is InChI=1S/C24H27NO5/c1-16(24(27)25-21-10-6-8-17-7-4-5-9-20(17)21)30-23(26)14-11-18-15-19(28-2)12-13-22(18)29-3/h4-5,7,9,11-16,21H,6,8,10H2,1-3H3,(H,25,27)/b14-11+/t16-,21+/m0/s1. The van der Waals surface area contributed by atoms with E-state index in [4.69, 9.17) is 14.2 Å². The Hall–Kier alpha value is -3.28. The van der Waals surface area contributed by atoms with E-state index in [1.54, 1.807) is 45.4 Å². The van der Waals surface area contributed by atoms with Crippen LogP contribution in [0.3, 0.4) is 0 Å². The van der Waals surface area contributed by atoms with Crippen LogP contribution in [0.2, 0.25) is 0 Å². The van der Waals surface area contributed by atoms with E-state index in [1.165, 1.54) is 11.6 Å². The molecular formula is C24H27NO5. The average Bonchev–Trinajstić information content (AvgIpc) is 2.77. The summed E-state index contributed by atoms with van der Waals surface area (Å²) in [7, 11) is 3.11. The summed E-state index contributed by atoms with van der Waals surface area (Å²) < 4.78 is 15.8. The molecule has 0 heterocycles. The van der Waals surface area contributed by atoms with Gasteiger partial charge in [-0.05, 0) is 61.6 Å². The maximum Gasteiger partial charge on any atom is 0.331 e. The van der Waals surface area contributed by atoms with Crippen molar-refractivity contribution in [3.05, 3.63) is 65.2 Å². The Morgan fingerprint density at radius 3 is 2.70 bits per heavy atom. The second-order valence-corrected chi connectivity index (χ2v) is 7.17. The molecule has 0 saturated heterocycles. The van der Waals surface area contributed by atoms with Crippen LogP contribution < -0.4 is 14.8 Å². The number of methoxy groups -OCH3 is 2. The number of carbonyl (C=O) groups excluding carboxylic acids is 2. The molecule has 0 spiro atoms. The first kappa shape index (κ1) is 21.4. The van der Waals surface area contributed by atoms with E-state index in [9.17, 15) is 9.59 Å². The molecule has 0 unspecified atom stereocenters. The normalized spacial score (nSPS) is 16.4. The van der Waals surface area contributed by atoms with Crippen LogP contribution in [0.1, 0.15) is 42.5 Å². The molecule has 1 amide bonds. The molecule has 2 aromatic rings. The van der Waals surface area contributed by atoms with E-state index < -0.39 is 12.1 Å². The van der Waals surface area contributed by atoms with Crippen molar-refractivity contribution < 1.29 is 23.8 Å². The fourth-order valence-corrected chi connectivity index (χ4v) is 3.59. The van der Waals surface area contributed by atoms with Gasteiger partial charge in [0.25, 0.3) is 5.91 Å². The SMILES string of the molecule is COc1ccc(OC)c(/C=C/C(=O)O[C@@H](C)C(=O)N[C@@H]2CCCc3ccccc32)c1. The van der Waals surface area contributed by atoms with Crippen LogP contribution in [0, 0.1) is 0 Å². The molecule has 0 saturated carbocycles. The minimum Gasteiger partial charge on any atom is -0.497 e. The van der Waals surface area contributed by atoms with Crippen LogP contribution in [0.15, 0.2) is 48.5 Å². The van der Waals surface area contributed by atoms with Crippen molar-refractivity contribution in [3.63, 3.8) is 0 Å². The van der Waals surface area contributed by atoms with Crippen molar-refractivity contribution in [3.8, 4) is 11.5 Å². The van der Waals surface area contributed by atoms with Crippen LogP contribution in [0.25, 0.3) is 6.08 Å². The number of aryl methyl sites for hydroxylation is 1. The number of esters is 1. The van der Waals surface area contributed by atoms with Crippen molar-refractivity contribution in [2.75, 3.05) is 14.2 Å². The molecule has 6 nitrogen and oxygen atoms in total. The van der Waals surface area contributed by atoms with Crippen LogP contribution in [0.5, 0.6) is 11.5 Å². The van der Waals surface area contributed by atoms with Gasteiger partial charge in [-0.2, -0.15) is 0 Å². The van der Waals surface area contributed by atoms with Gasteiger partial charge in [0.05, 0.1) is 20.3 Å². The number of carbonyl (C=O) groups is 2. The fraction of sp³-hybridized carbons (Fsp3) is 0.333. The van der Waals surface area contributed by atoms with Crippen LogP contribution in [-0.2, 0) is 20.7 Å². The highest BCUT2D eigenvalue weighted by atomic mass is 16.5. The number of benzene rings is 2. The Morgan fingerprint density at radius 1 is 1.13 bits per heavy atom. The number of ether oxygens (including phenoxy) is 3. The highest BCUT2D eigenvalue weighted by Crippen LogP contribution is 2.29. The van der Waals surface area contributed by atoms with Gasteiger partial charge in [0, 0.05) is 11.6 Å². The van der Waals surface area contributed by atoms with Gasteiger partial charge in [-0.1, -0.05) is 24.3 Å². The Kier molecular flexibility index (Phi) is 7.12. The molecule has 1 aliphatic carbocycles. The lowest BCUT2D eigenvalue weighted by molar-refractivity contribution is -0.150. The van der Waals surface area contributed by atoms with Crippen LogP contribution >= 0.6 is 0 Å². The summed E-state index contributed by atoms with van der Waals surface area (Å²) in [4.78, 5) is 24.8. The van der Waals surface area contributed by atoms with E-state index in [0.29, 0.717) is 17.1 Å². The lowest BCUT2D eigenvalue weighted by Gasteiger charge is -2.27. The number of hydrogen-bond donors (Lipinski definition) is 1. The van der Waals surface area contributed by atoms with Gasteiger partial charge in [-0.15, -0.1) is 0 Å². The summed E-state index contributed by atoms with van der Waals surface area (Å²) in [5.41, 5.74) is 3.07. The fourth-order valence-electron chi connectivity index (χ4n) is 3.59. The third kappa shape index (κ3) is 5.20. The van der Waals surface area contributed by atoms with Gasteiger partial charge in [-0.25, -0.2) is 4.79 Å². The van der Waals surface area contributed by atoms with Crippen molar-refractivity contribution in [2.24, 2.45) is 0 Å². The van der Waals surface area contributed by atoms with Gasteiger partial charge in [0.1, 0.15) is 11.5 Å².